The van der Waals surface area contributed by atoms with E-state index in [-0.39, 0.29) is 17.5 Å². The zero-order valence-corrected chi connectivity index (χ0v) is 15.1. The lowest BCUT2D eigenvalue weighted by Gasteiger charge is -2.25. The summed E-state index contributed by atoms with van der Waals surface area (Å²) in [4.78, 5) is 33.7. The molecule has 2 aromatic rings. The number of carbonyl (C=O) groups is 1. The van der Waals surface area contributed by atoms with Crippen molar-refractivity contribution in [3.8, 4) is 0 Å². The van der Waals surface area contributed by atoms with Gasteiger partial charge in [0.1, 0.15) is 5.82 Å². The van der Waals surface area contributed by atoms with Crippen LogP contribution in [-0.2, 0) is 17.8 Å². The van der Waals surface area contributed by atoms with E-state index in [1.165, 1.54) is 0 Å². The Morgan fingerprint density at radius 1 is 1.36 bits per heavy atom. The fraction of sp³-hybridized carbons (Fsp3) is 0.556. The molecule has 2 aromatic heterocycles. The van der Waals surface area contributed by atoms with Crippen LogP contribution in [0.5, 0.6) is 0 Å². The minimum Gasteiger partial charge on any atom is -0.338 e. The maximum Gasteiger partial charge on any atom is 0.254 e. The number of amides is 1. The maximum absolute atomic E-state index is 12.7. The molecule has 7 heteroatoms. The first-order valence-corrected chi connectivity index (χ1v) is 8.79. The normalized spacial score (nSPS) is 17.2. The van der Waals surface area contributed by atoms with Gasteiger partial charge in [-0.1, -0.05) is 0 Å². The summed E-state index contributed by atoms with van der Waals surface area (Å²) in [5, 5.41) is 4.32. The predicted molar refractivity (Wildman–Crippen MR) is 94.4 cm³/mol. The quantitative estimate of drug-likeness (QED) is 0.892. The van der Waals surface area contributed by atoms with Gasteiger partial charge in [-0.05, 0) is 45.6 Å². The van der Waals surface area contributed by atoms with Crippen molar-refractivity contribution in [3.05, 3.63) is 45.4 Å². The van der Waals surface area contributed by atoms with Crippen LogP contribution in [0.25, 0.3) is 0 Å². The first-order chi connectivity index (χ1) is 11.9. The summed E-state index contributed by atoms with van der Waals surface area (Å²) in [6.07, 6.45) is 6.61. The van der Waals surface area contributed by atoms with Gasteiger partial charge in [0.2, 0.25) is 5.91 Å². The van der Waals surface area contributed by atoms with E-state index in [0.29, 0.717) is 29.9 Å². The van der Waals surface area contributed by atoms with Crippen LogP contribution >= 0.6 is 0 Å². The van der Waals surface area contributed by atoms with E-state index in [1.807, 2.05) is 35.8 Å². The number of nitrogens with zero attached hydrogens (tertiary/aromatic N) is 4. The van der Waals surface area contributed by atoms with Crippen molar-refractivity contribution in [1.29, 1.82) is 0 Å². The van der Waals surface area contributed by atoms with Crippen LogP contribution in [0.1, 0.15) is 41.9 Å². The summed E-state index contributed by atoms with van der Waals surface area (Å²) < 4.78 is 1.91. The third-order valence-electron chi connectivity index (χ3n) is 4.79. The van der Waals surface area contributed by atoms with Crippen LogP contribution in [0.2, 0.25) is 0 Å². The van der Waals surface area contributed by atoms with Crippen LogP contribution in [0.4, 0.5) is 0 Å². The SMILES string of the molecule is Cc1cnn(C[C@H]2CCCN2C(=O)CCc2c(C)nc(C)[nH]c2=O)c1. The van der Waals surface area contributed by atoms with E-state index in [1.54, 1.807) is 6.92 Å². The molecule has 3 rings (SSSR count). The minimum atomic E-state index is -0.136. The monoisotopic (exact) mass is 343 g/mol. The highest BCUT2D eigenvalue weighted by Crippen LogP contribution is 2.20. The lowest BCUT2D eigenvalue weighted by molar-refractivity contribution is -0.132. The molecule has 1 aliphatic rings. The number of hydrogen-bond acceptors (Lipinski definition) is 4. The number of nitrogens with one attached hydrogen (secondary N) is 1. The fourth-order valence-electron chi connectivity index (χ4n) is 3.56. The van der Waals surface area contributed by atoms with Crippen molar-refractivity contribution in [1.82, 2.24) is 24.6 Å². The highest BCUT2D eigenvalue weighted by molar-refractivity contribution is 5.77. The molecule has 25 heavy (non-hydrogen) atoms. The lowest BCUT2D eigenvalue weighted by Crippen LogP contribution is -2.38. The van der Waals surface area contributed by atoms with Crippen molar-refractivity contribution in [3.63, 3.8) is 0 Å². The number of rotatable bonds is 5. The van der Waals surface area contributed by atoms with Crippen LogP contribution < -0.4 is 5.56 Å². The Morgan fingerprint density at radius 2 is 2.16 bits per heavy atom. The molecular weight excluding hydrogens is 318 g/mol. The summed E-state index contributed by atoms with van der Waals surface area (Å²) in [5.41, 5.74) is 2.30. The summed E-state index contributed by atoms with van der Waals surface area (Å²) in [7, 11) is 0. The van der Waals surface area contributed by atoms with E-state index in [9.17, 15) is 9.59 Å². The Hall–Kier alpha value is -2.44. The molecule has 0 unspecified atom stereocenters. The Labute approximate surface area is 147 Å². The molecule has 1 fully saturated rings. The average Bonchev–Trinajstić information content (AvgIpc) is 3.15. The van der Waals surface area contributed by atoms with Crippen molar-refractivity contribution in [2.24, 2.45) is 0 Å². The molecule has 1 atom stereocenters. The molecule has 7 nitrogen and oxygen atoms in total. The highest BCUT2D eigenvalue weighted by atomic mass is 16.2. The van der Waals surface area contributed by atoms with Crippen molar-refractivity contribution < 1.29 is 4.79 Å². The van der Waals surface area contributed by atoms with E-state index in [0.717, 1.165) is 31.5 Å². The van der Waals surface area contributed by atoms with Crippen molar-refractivity contribution in [2.75, 3.05) is 6.54 Å². The zero-order valence-electron chi connectivity index (χ0n) is 15.1. The van der Waals surface area contributed by atoms with Crippen LogP contribution in [0.15, 0.2) is 17.2 Å². The Kier molecular flexibility index (Phi) is 5.01. The van der Waals surface area contributed by atoms with Gasteiger partial charge in [0.25, 0.3) is 5.56 Å². The summed E-state index contributed by atoms with van der Waals surface area (Å²) in [5.74, 6) is 0.706. The molecule has 3 heterocycles. The molecule has 134 valence electrons. The first kappa shape index (κ1) is 17.4. The smallest absolute Gasteiger partial charge is 0.254 e. The van der Waals surface area contributed by atoms with Crippen LogP contribution in [0.3, 0.4) is 0 Å². The molecule has 0 spiro atoms. The van der Waals surface area contributed by atoms with Gasteiger partial charge in [-0.15, -0.1) is 0 Å². The first-order valence-electron chi connectivity index (χ1n) is 8.79. The number of likely N-dealkylation sites (tertiary alicyclic amines) is 1. The molecule has 0 aliphatic carbocycles. The minimum absolute atomic E-state index is 0.103. The maximum atomic E-state index is 12.7. The molecule has 0 aromatic carbocycles. The van der Waals surface area contributed by atoms with Gasteiger partial charge in [-0.3, -0.25) is 14.3 Å². The summed E-state index contributed by atoms with van der Waals surface area (Å²) in [6.45, 7) is 7.10. The molecule has 0 bridgehead atoms. The summed E-state index contributed by atoms with van der Waals surface area (Å²) >= 11 is 0. The number of hydrogen-bond donors (Lipinski definition) is 1. The lowest BCUT2D eigenvalue weighted by atomic mass is 10.1. The van der Waals surface area contributed by atoms with E-state index in [4.69, 9.17) is 0 Å². The Morgan fingerprint density at radius 3 is 2.84 bits per heavy atom. The van der Waals surface area contributed by atoms with E-state index in [2.05, 4.69) is 15.1 Å². The molecule has 1 aliphatic heterocycles. The van der Waals surface area contributed by atoms with E-state index >= 15 is 0 Å². The zero-order chi connectivity index (χ0) is 18.0. The number of aromatic amines is 1. The second-order valence-corrected chi connectivity index (χ2v) is 6.84. The third kappa shape index (κ3) is 3.97. The predicted octanol–water partition coefficient (Wildman–Crippen LogP) is 1.52. The molecule has 1 amide bonds. The van der Waals surface area contributed by atoms with Gasteiger partial charge in [-0.2, -0.15) is 5.10 Å². The molecule has 1 N–H and O–H groups in total. The molecular formula is C18H25N5O2. The average molecular weight is 343 g/mol. The molecule has 0 saturated carbocycles. The van der Waals surface area contributed by atoms with Crippen LogP contribution in [0, 0.1) is 20.8 Å². The second kappa shape index (κ2) is 7.21. The van der Waals surface area contributed by atoms with E-state index < -0.39 is 0 Å². The fourth-order valence-corrected chi connectivity index (χ4v) is 3.56. The third-order valence-corrected chi connectivity index (χ3v) is 4.79. The Balaban J connectivity index is 1.63. The van der Waals surface area contributed by atoms with Gasteiger partial charge < -0.3 is 9.88 Å². The highest BCUT2D eigenvalue weighted by Gasteiger charge is 2.29. The van der Waals surface area contributed by atoms with Crippen LogP contribution in [-0.4, -0.2) is 43.1 Å². The number of aromatic nitrogens is 4. The standard InChI is InChI=1S/C18H25N5O2/c1-12-9-19-22(10-12)11-15-5-4-8-23(15)17(24)7-6-16-13(2)20-14(3)21-18(16)25/h9-10,15H,4-8,11H2,1-3H3,(H,20,21,25)/t15-/m1/s1. The second-order valence-electron chi connectivity index (χ2n) is 6.84. The number of H-pyrrole nitrogens is 1. The van der Waals surface area contributed by atoms with Crippen molar-refractivity contribution in [2.45, 2.75) is 59.0 Å². The van der Waals surface area contributed by atoms with Gasteiger partial charge in [-0.25, -0.2) is 4.98 Å². The topological polar surface area (TPSA) is 83.9 Å². The van der Waals surface area contributed by atoms with Gasteiger partial charge in [0, 0.05) is 30.4 Å². The van der Waals surface area contributed by atoms with Gasteiger partial charge in [0.15, 0.2) is 0 Å². The van der Waals surface area contributed by atoms with Crippen molar-refractivity contribution >= 4 is 5.91 Å². The summed E-state index contributed by atoms with van der Waals surface area (Å²) in [6, 6.07) is 0.183. The Bertz CT molecular complexity index is 823. The largest absolute Gasteiger partial charge is 0.338 e. The molecule has 1 saturated heterocycles. The number of carbonyl (C=O) groups excluding carboxylic acids is 1. The van der Waals surface area contributed by atoms with Gasteiger partial charge >= 0.3 is 0 Å². The molecule has 0 radical (unpaired) electrons. The number of aryl methyl sites for hydroxylation is 3. The van der Waals surface area contributed by atoms with Gasteiger partial charge in [0.05, 0.1) is 18.8 Å².